The van der Waals surface area contributed by atoms with E-state index in [1.807, 2.05) is 0 Å². The van der Waals surface area contributed by atoms with E-state index >= 15 is 0 Å². The van der Waals surface area contributed by atoms with Crippen LogP contribution in [0.1, 0.15) is 128 Å². The largest absolute Gasteiger partial charge is 0.315 e. The summed E-state index contributed by atoms with van der Waals surface area (Å²) >= 11 is 0. The second-order valence-electron chi connectivity index (χ2n) is 18.2. The van der Waals surface area contributed by atoms with Crippen LogP contribution in [-0.2, 0) is 10.8 Å². The highest BCUT2D eigenvalue weighted by Gasteiger charge is 2.57. The summed E-state index contributed by atoms with van der Waals surface area (Å²) in [7, 11) is 0. The molecular weight excluding hydrogens is 687 g/mol. The average molecular weight is 734 g/mol. The molecule has 0 N–H and O–H groups in total. The van der Waals surface area contributed by atoms with E-state index in [1.54, 1.807) is 27.9 Å². The summed E-state index contributed by atoms with van der Waals surface area (Å²) in [5, 5.41) is 0. The molecular formula is C56H47N. The monoisotopic (exact) mass is 733 g/mol. The highest BCUT2D eigenvalue weighted by molar-refractivity contribution is 6.03. The van der Waals surface area contributed by atoms with Crippen LogP contribution in [0.4, 0.5) is 0 Å². The maximum Gasteiger partial charge on any atom is 0.0706 e. The van der Waals surface area contributed by atoms with Gasteiger partial charge in [-0.15, -0.1) is 0 Å². The number of benzene rings is 4. The van der Waals surface area contributed by atoms with Crippen molar-refractivity contribution in [1.82, 2.24) is 4.90 Å². The van der Waals surface area contributed by atoms with Crippen molar-refractivity contribution < 1.29 is 0 Å². The first-order valence-electron chi connectivity index (χ1n) is 21.7. The van der Waals surface area contributed by atoms with E-state index in [9.17, 15) is 0 Å². The Morgan fingerprint density at radius 2 is 1.42 bits per heavy atom. The van der Waals surface area contributed by atoms with Gasteiger partial charge in [0, 0.05) is 28.4 Å². The molecule has 13 rings (SSSR count). The van der Waals surface area contributed by atoms with E-state index in [4.69, 9.17) is 0 Å². The summed E-state index contributed by atoms with van der Waals surface area (Å²) in [5.41, 5.74) is 29.5. The Balaban J connectivity index is 1.09. The third kappa shape index (κ3) is 4.01. The van der Waals surface area contributed by atoms with Gasteiger partial charge >= 0.3 is 0 Å². The summed E-state index contributed by atoms with van der Waals surface area (Å²) in [5.74, 6) is 0.439. The number of hydrogen-bond acceptors (Lipinski definition) is 1. The molecule has 0 radical (unpaired) electrons. The third-order valence-electron chi connectivity index (χ3n) is 15.3. The van der Waals surface area contributed by atoms with Gasteiger partial charge in [-0.05, 0) is 171 Å². The molecule has 4 aromatic rings. The van der Waals surface area contributed by atoms with Crippen LogP contribution in [-0.4, -0.2) is 4.90 Å². The standard InChI is InChI=1S/C56H47N/c1-55(2)46-26-11-8-20-38(46)40-31-30-35(32-49(40)55)57(34-16-4-3-5-17-34)51-29-15-24-42-39-21-9-12-27-47(39)56(54(42)51)48-28-13-10-22-43(48)53-44-25-14-23-41-36-18-6-7-19-37(36)45(52(41)44)33-50(53)56/h4,6-12,14,16-22,25-27,29,32-33,41H,3,5,13,15,23-24,28,30-31H2,1-2H3. The van der Waals surface area contributed by atoms with Crippen molar-refractivity contribution in [2.24, 2.45) is 0 Å². The second-order valence-corrected chi connectivity index (χ2v) is 18.2. The first-order valence-corrected chi connectivity index (χ1v) is 21.7. The third-order valence-corrected chi connectivity index (χ3v) is 15.3. The number of hydrogen-bond donors (Lipinski definition) is 0. The lowest BCUT2D eigenvalue weighted by atomic mass is 9.65. The van der Waals surface area contributed by atoms with E-state index in [-0.39, 0.29) is 10.8 Å². The van der Waals surface area contributed by atoms with Crippen molar-refractivity contribution in [1.29, 1.82) is 0 Å². The van der Waals surface area contributed by atoms with Crippen LogP contribution in [0.3, 0.4) is 0 Å². The molecule has 1 nitrogen and oxygen atoms in total. The quantitative estimate of drug-likeness (QED) is 0.203. The Kier molecular flexibility index (Phi) is 6.53. The SMILES string of the molecule is CC1(C)C2=C(CCC(N(C3=CCCC=C3)C3=CCCC4=C3C3(C5=C(C=CCC5)c5c3cc3c6c5C=CCC6c5ccccc5-3)c3ccccc34)=C2)c2ccccc21. The molecule has 0 aromatic heterocycles. The molecule has 0 aliphatic heterocycles. The van der Waals surface area contributed by atoms with Crippen molar-refractivity contribution in [2.75, 3.05) is 0 Å². The topological polar surface area (TPSA) is 3.24 Å². The van der Waals surface area contributed by atoms with Crippen LogP contribution in [0.25, 0.3) is 33.9 Å². The summed E-state index contributed by atoms with van der Waals surface area (Å²) < 4.78 is 0. The van der Waals surface area contributed by atoms with Crippen molar-refractivity contribution in [3.05, 3.63) is 211 Å². The molecule has 0 heterocycles. The van der Waals surface area contributed by atoms with Crippen molar-refractivity contribution in [3.8, 4) is 11.1 Å². The fourth-order valence-corrected chi connectivity index (χ4v) is 13.1. The first kappa shape index (κ1) is 32.4. The molecule has 9 aliphatic rings. The summed E-state index contributed by atoms with van der Waals surface area (Å²) in [6.07, 6.45) is 32.3. The Morgan fingerprint density at radius 3 is 2.28 bits per heavy atom. The molecule has 1 spiro atoms. The van der Waals surface area contributed by atoms with Gasteiger partial charge in [0.25, 0.3) is 0 Å². The van der Waals surface area contributed by atoms with E-state index in [0.29, 0.717) is 5.92 Å². The molecule has 0 saturated carbocycles. The van der Waals surface area contributed by atoms with Gasteiger partial charge in [0.1, 0.15) is 0 Å². The number of allylic oxidation sites excluding steroid dienone is 15. The Bertz CT molecular complexity index is 2850. The van der Waals surface area contributed by atoms with Crippen molar-refractivity contribution >= 4 is 22.8 Å². The predicted octanol–water partition coefficient (Wildman–Crippen LogP) is 14.0. The van der Waals surface area contributed by atoms with Crippen LogP contribution in [0.5, 0.6) is 0 Å². The lowest BCUT2D eigenvalue weighted by Gasteiger charge is -2.43. The Labute approximate surface area is 337 Å². The highest BCUT2D eigenvalue weighted by Crippen LogP contribution is 2.68. The highest BCUT2D eigenvalue weighted by atomic mass is 15.2. The smallest absolute Gasteiger partial charge is 0.0706 e. The van der Waals surface area contributed by atoms with Gasteiger partial charge in [-0.1, -0.05) is 129 Å². The van der Waals surface area contributed by atoms with Crippen LogP contribution in [0.2, 0.25) is 0 Å². The maximum absolute atomic E-state index is 2.76. The molecule has 9 aliphatic carbocycles. The molecule has 0 fully saturated rings. The van der Waals surface area contributed by atoms with Crippen molar-refractivity contribution in [2.45, 2.75) is 88.4 Å². The van der Waals surface area contributed by atoms with Gasteiger partial charge in [0.2, 0.25) is 0 Å². The zero-order chi connectivity index (χ0) is 37.6. The maximum atomic E-state index is 2.76. The minimum Gasteiger partial charge on any atom is -0.315 e. The van der Waals surface area contributed by atoms with Crippen LogP contribution >= 0.6 is 0 Å². The second kappa shape index (κ2) is 11.5. The molecule has 2 unspecified atom stereocenters. The van der Waals surface area contributed by atoms with Crippen LogP contribution < -0.4 is 0 Å². The zero-order valence-corrected chi connectivity index (χ0v) is 33.1. The average Bonchev–Trinajstić information content (AvgIpc) is 3.93. The molecule has 4 aromatic carbocycles. The van der Waals surface area contributed by atoms with Crippen LogP contribution in [0, 0.1) is 0 Å². The van der Waals surface area contributed by atoms with Gasteiger partial charge in [-0.25, -0.2) is 0 Å². The van der Waals surface area contributed by atoms with Crippen molar-refractivity contribution in [3.63, 3.8) is 0 Å². The lowest BCUT2D eigenvalue weighted by Crippen LogP contribution is -2.35. The van der Waals surface area contributed by atoms with Gasteiger partial charge in [-0.3, -0.25) is 0 Å². The fourth-order valence-electron chi connectivity index (χ4n) is 13.1. The lowest BCUT2D eigenvalue weighted by molar-refractivity contribution is 0.493. The van der Waals surface area contributed by atoms with Crippen LogP contribution in [0.15, 0.2) is 161 Å². The summed E-state index contributed by atoms with van der Waals surface area (Å²) in [4.78, 5) is 2.76. The van der Waals surface area contributed by atoms with Gasteiger partial charge in [0.15, 0.2) is 0 Å². The van der Waals surface area contributed by atoms with E-state index in [0.717, 1.165) is 57.8 Å². The van der Waals surface area contributed by atoms with Gasteiger partial charge in [0.05, 0.1) is 5.41 Å². The predicted molar refractivity (Wildman–Crippen MR) is 236 cm³/mol. The molecule has 0 amide bonds. The molecule has 0 bridgehead atoms. The fraction of sp³-hybridized carbons (Fsp3) is 0.250. The summed E-state index contributed by atoms with van der Waals surface area (Å²) in [6, 6.07) is 30.8. The van der Waals surface area contributed by atoms with E-state index < -0.39 is 0 Å². The number of nitrogens with zero attached hydrogens (tertiary/aromatic N) is 1. The normalized spacial score (nSPS) is 24.7. The molecule has 0 saturated heterocycles. The Hall–Kier alpha value is -5.66. The van der Waals surface area contributed by atoms with Gasteiger partial charge in [-0.2, -0.15) is 0 Å². The first-order chi connectivity index (χ1) is 28.1. The zero-order valence-electron chi connectivity index (χ0n) is 33.1. The number of fused-ring (bicyclic) bond motifs is 14. The van der Waals surface area contributed by atoms with E-state index in [1.165, 1.54) is 83.9 Å². The minimum absolute atomic E-state index is 0.0296. The van der Waals surface area contributed by atoms with Gasteiger partial charge < -0.3 is 4.90 Å². The number of rotatable bonds is 3. The molecule has 57 heavy (non-hydrogen) atoms. The Morgan fingerprint density at radius 1 is 0.632 bits per heavy atom. The minimum atomic E-state index is -0.350. The summed E-state index contributed by atoms with van der Waals surface area (Å²) in [6.45, 7) is 4.89. The van der Waals surface area contributed by atoms with E-state index in [2.05, 4.69) is 152 Å². The molecule has 1 heteroatoms. The molecule has 276 valence electrons. The molecule has 2 atom stereocenters.